The first-order chi connectivity index (χ1) is 16.4. The van der Waals surface area contributed by atoms with E-state index in [4.69, 9.17) is 14.8 Å². The Morgan fingerprint density at radius 1 is 1.00 bits per heavy atom. The number of hydrogen-bond donors (Lipinski definition) is 0. The van der Waals surface area contributed by atoms with Crippen LogP contribution in [0.25, 0.3) is 11.0 Å². The van der Waals surface area contributed by atoms with E-state index in [1.54, 1.807) is 0 Å². The summed E-state index contributed by atoms with van der Waals surface area (Å²) in [6, 6.07) is 4.21. The summed E-state index contributed by atoms with van der Waals surface area (Å²) in [5, 5.41) is 5.57. The van der Waals surface area contributed by atoms with Gasteiger partial charge in [-0.25, -0.2) is 14.8 Å². The van der Waals surface area contributed by atoms with E-state index in [1.165, 1.54) is 17.5 Å². The molecule has 1 heterocycles. The van der Waals surface area contributed by atoms with E-state index in [2.05, 4.69) is 81.7 Å². The molecule has 3 fully saturated rings. The van der Waals surface area contributed by atoms with Crippen LogP contribution in [0.2, 0.25) is 0 Å². The minimum atomic E-state index is -0.835. The number of aryl methyl sites for hydroxylation is 2. The SMILES string of the molecule is Cc1cc2nc3c(nc2cc1C)C1(C(=O)ON=C2CC4CCC2(C)C4(C)CBr)CCC3(C)C1(C)C. The molecule has 0 aliphatic heterocycles. The van der Waals surface area contributed by atoms with Gasteiger partial charge in [-0.15, -0.1) is 0 Å². The van der Waals surface area contributed by atoms with Gasteiger partial charge < -0.3 is 4.84 Å². The Morgan fingerprint density at radius 3 is 2.23 bits per heavy atom. The number of carbonyl (C=O) groups is 1. The summed E-state index contributed by atoms with van der Waals surface area (Å²) >= 11 is 3.77. The second-order valence-electron chi connectivity index (χ2n) is 12.9. The molecule has 4 bridgehead atoms. The Hall–Kier alpha value is -1.82. The highest BCUT2D eigenvalue weighted by Gasteiger charge is 2.74. The van der Waals surface area contributed by atoms with Crippen LogP contribution < -0.4 is 0 Å². The van der Waals surface area contributed by atoms with Crippen molar-refractivity contribution in [2.75, 3.05) is 5.33 Å². The van der Waals surface area contributed by atoms with Crippen molar-refractivity contribution in [2.45, 2.75) is 91.4 Å². The summed E-state index contributed by atoms with van der Waals surface area (Å²) in [5.41, 5.74) is 5.66. The number of rotatable bonds is 3. The number of benzene rings is 1. The summed E-state index contributed by atoms with van der Waals surface area (Å²) in [6.45, 7) is 15.5. The quantitative estimate of drug-likeness (QED) is 0.248. The minimum absolute atomic E-state index is 0.0300. The van der Waals surface area contributed by atoms with Crippen LogP contribution in [-0.2, 0) is 20.5 Å². The fraction of sp³-hybridized carbons (Fsp3) is 0.655. The molecule has 2 aromatic rings. The highest BCUT2D eigenvalue weighted by Crippen LogP contribution is 2.70. The smallest absolute Gasteiger partial charge is 0.317 e. The molecule has 186 valence electrons. The van der Waals surface area contributed by atoms with Crippen LogP contribution in [0.1, 0.15) is 89.2 Å². The Kier molecular flexibility index (Phi) is 4.67. The molecule has 5 atom stereocenters. The Labute approximate surface area is 216 Å². The van der Waals surface area contributed by atoms with Crippen molar-refractivity contribution >= 4 is 38.6 Å². The van der Waals surface area contributed by atoms with Crippen LogP contribution >= 0.6 is 15.9 Å². The number of aromatic nitrogens is 2. The standard InChI is InChI=1S/C29H36BrN3O2/c1-16-12-19-20(13-17(16)2)32-23-22(31-19)27(6)10-11-29(23,25(27,3)4)24(34)35-33-21-14-18-8-9-26(21,5)28(18,7)15-30/h12-13,18H,8-11,14-15H2,1-7H3. The predicted molar refractivity (Wildman–Crippen MR) is 142 cm³/mol. The molecule has 4 aliphatic rings. The summed E-state index contributed by atoms with van der Waals surface area (Å²) in [6.07, 6.45) is 4.85. The number of carbonyl (C=O) groups excluding carboxylic acids is 1. The number of fused-ring (bicyclic) bond motifs is 8. The van der Waals surface area contributed by atoms with Crippen molar-refractivity contribution in [3.8, 4) is 0 Å². The normalized spacial score (nSPS) is 39.5. The zero-order valence-corrected chi connectivity index (χ0v) is 23.6. The van der Waals surface area contributed by atoms with Crippen molar-refractivity contribution in [1.82, 2.24) is 9.97 Å². The molecule has 5 nitrogen and oxygen atoms in total. The summed E-state index contributed by atoms with van der Waals surface area (Å²) < 4.78 is 0. The van der Waals surface area contributed by atoms with Crippen LogP contribution in [0, 0.1) is 36.0 Å². The van der Waals surface area contributed by atoms with Crippen LogP contribution in [-0.4, -0.2) is 27.0 Å². The molecule has 0 spiro atoms. The summed E-state index contributed by atoms with van der Waals surface area (Å²) in [5.74, 6) is 0.326. The minimum Gasteiger partial charge on any atom is -0.317 e. The molecule has 5 unspecified atom stereocenters. The molecule has 6 heteroatoms. The lowest BCUT2D eigenvalue weighted by Gasteiger charge is -2.38. The van der Waals surface area contributed by atoms with Gasteiger partial charge in [0.2, 0.25) is 0 Å². The van der Waals surface area contributed by atoms with Gasteiger partial charge in [0.25, 0.3) is 0 Å². The van der Waals surface area contributed by atoms with Crippen molar-refractivity contribution in [3.05, 3.63) is 34.6 Å². The van der Waals surface area contributed by atoms with Gasteiger partial charge in [0.1, 0.15) is 5.41 Å². The number of halogens is 1. The van der Waals surface area contributed by atoms with E-state index >= 15 is 0 Å². The average Bonchev–Trinajstić information content (AvgIpc) is 3.33. The fourth-order valence-electron chi connectivity index (χ4n) is 8.16. The first kappa shape index (κ1) is 23.6. The Morgan fingerprint density at radius 2 is 1.63 bits per heavy atom. The third-order valence-electron chi connectivity index (χ3n) is 11.7. The van der Waals surface area contributed by atoms with E-state index in [-0.39, 0.29) is 27.6 Å². The van der Waals surface area contributed by atoms with E-state index < -0.39 is 5.41 Å². The molecule has 0 radical (unpaired) electrons. The first-order valence-electron chi connectivity index (χ1n) is 13.0. The van der Waals surface area contributed by atoms with Gasteiger partial charge >= 0.3 is 5.97 Å². The lowest BCUT2D eigenvalue weighted by Crippen LogP contribution is -2.46. The zero-order valence-electron chi connectivity index (χ0n) is 22.0. The molecule has 1 aromatic carbocycles. The van der Waals surface area contributed by atoms with Crippen LogP contribution in [0.15, 0.2) is 17.3 Å². The monoisotopic (exact) mass is 537 g/mol. The molecule has 1 aromatic heterocycles. The molecule has 35 heavy (non-hydrogen) atoms. The molecule has 0 amide bonds. The lowest BCUT2D eigenvalue weighted by atomic mass is 9.64. The Balaban J connectivity index is 1.44. The highest BCUT2D eigenvalue weighted by atomic mass is 79.9. The second kappa shape index (κ2) is 6.93. The highest BCUT2D eigenvalue weighted by molar-refractivity contribution is 9.09. The maximum atomic E-state index is 14.1. The fourth-order valence-corrected chi connectivity index (χ4v) is 9.23. The third-order valence-corrected chi connectivity index (χ3v) is 12.9. The third kappa shape index (κ3) is 2.50. The van der Waals surface area contributed by atoms with Crippen molar-refractivity contribution in [1.29, 1.82) is 0 Å². The largest absolute Gasteiger partial charge is 0.347 e. The van der Waals surface area contributed by atoms with Gasteiger partial charge in [-0.1, -0.05) is 55.7 Å². The van der Waals surface area contributed by atoms with E-state index in [0.717, 1.165) is 59.1 Å². The maximum absolute atomic E-state index is 14.1. The molecular weight excluding hydrogens is 502 g/mol. The van der Waals surface area contributed by atoms with Crippen LogP contribution in [0.4, 0.5) is 0 Å². The number of hydrogen-bond acceptors (Lipinski definition) is 5. The van der Waals surface area contributed by atoms with Crippen molar-refractivity contribution < 1.29 is 9.63 Å². The van der Waals surface area contributed by atoms with Crippen molar-refractivity contribution in [3.63, 3.8) is 0 Å². The molecule has 3 saturated carbocycles. The van der Waals surface area contributed by atoms with E-state index in [0.29, 0.717) is 5.92 Å². The van der Waals surface area contributed by atoms with Gasteiger partial charge in [0.15, 0.2) is 0 Å². The van der Waals surface area contributed by atoms with Gasteiger partial charge in [-0.3, -0.25) is 0 Å². The average molecular weight is 539 g/mol. The summed E-state index contributed by atoms with van der Waals surface area (Å²) in [7, 11) is 0. The van der Waals surface area contributed by atoms with Crippen LogP contribution in [0.3, 0.4) is 0 Å². The number of nitrogens with zero attached hydrogens (tertiary/aromatic N) is 3. The van der Waals surface area contributed by atoms with E-state index in [1.807, 2.05) is 0 Å². The zero-order chi connectivity index (χ0) is 25.2. The first-order valence-corrected chi connectivity index (χ1v) is 14.1. The van der Waals surface area contributed by atoms with Gasteiger partial charge in [-0.2, -0.15) is 0 Å². The molecular formula is C29H36BrN3O2. The maximum Gasteiger partial charge on any atom is 0.347 e. The summed E-state index contributed by atoms with van der Waals surface area (Å²) in [4.78, 5) is 30.3. The Bertz CT molecular complexity index is 1330. The van der Waals surface area contributed by atoms with E-state index in [9.17, 15) is 4.79 Å². The number of oxime groups is 1. The second-order valence-corrected chi connectivity index (χ2v) is 13.5. The van der Waals surface area contributed by atoms with Gasteiger partial charge in [0.05, 0.1) is 28.1 Å². The lowest BCUT2D eigenvalue weighted by molar-refractivity contribution is -0.155. The van der Waals surface area contributed by atoms with Crippen LogP contribution in [0.5, 0.6) is 0 Å². The number of alkyl halides is 1. The molecule has 0 saturated heterocycles. The van der Waals surface area contributed by atoms with Crippen molar-refractivity contribution in [2.24, 2.45) is 27.3 Å². The molecule has 0 N–H and O–H groups in total. The van der Waals surface area contributed by atoms with Gasteiger partial charge in [0, 0.05) is 16.2 Å². The molecule has 4 aliphatic carbocycles. The predicted octanol–water partition coefficient (Wildman–Crippen LogP) is 6.70. The van der Waals surface area contributed by atoms with Gasteiger partial charge in [-0.05, 0) is 86.0 Å². The molecule has 6 rings (SSSR count). The topological polar surface area (TPSA) is 64.4 Å².